The molecule has 2 aromatic carbocycles. The van der Waals surface area contributed by atoms with Crippen LogP contribution < -0.4 is 0 Å². The van der Waals surface area contributed by atoms with Crippen LogP contribution in [0.2, 0.25) is 0 Å². The molecule has 46 heavy (non-hydrogen) atoms. The number of sulfonamides is 2. The van der Waals surface area contributed by atoms with Gasteiger partial charge in [-0.25, -0.2) is 26.8 Å². The van der Waals surface area contributed by atoms with Crippen molar-refractivity contribution in [3.05, 3.63) is 84.7 Å². The van der Waals surface area contributed by atoms with Gasteiger partial charge in [-0.2, -0.15) is 8.61 Å². The van der Waals surface area contributed by atoms with Crippen molar-refractivity contribution in [2.75, 3.05) is 37.7 Å². The van der Waals surface area contributed by atoms with Gasteiger partial charge in [0.2, 0.25) is 20.0 Å². The number of imidazole rings is 2. The number of aromatic nitrogens is 4. The number of hydrogen-bond acceptors (Lipinski definition) is 8. The molecule has 0 unspecified atom stereocenters. The minimum atomic E-state index is -3.22. The number of aliphatic hydroxyl groups is 2. The first-order valence-corrected chi connectivity index (χ1v) is 18.7. The van der Waals surface area contributed by atoms with Crippen LogP contribution >= 0.6 is 0 Å². The van der Waals surface area contributed by atoms with Crippen molar-refractivity contribution in [2.24, 2.45) is 0 Å². The minimum absolute atomic E-state index is 0.000167. The Hall–Kier alpha value is -3.40. The van der Waals surface area contributed by atoms with Crippen LogP contribution in [0, 0.1) is 0 Å². The van der Waals surface area contributed by atoms with E-state index >= 15 is 0 Å². The zero-order chi connectivity index (χ0) is 32.5. The lowest BCUT2D eigenvalue weighted by molar-refractivity contribution is -0.0710. The highest BCUT2D eigenvalue weighted by molar-refractivity contribution is 7.89. The molecule has 0 saturated carbocycles. The van der Waals surface area contributed by atoms with E-state index in [-0.39, 0.29) is 49.8 Å². The molecule has 2 saturated heterocycles. The van der Waals surface area contributed by atoms with E-state index < -0.39 is 31.2 Å². The first kappa shape index (κ1) is 31.2. The summed E-state index contributed by atoms with van der Waals surface area (Å²) in [5.74, 6) is 0.141. The molecule has 8 rings (SSSR count). The van der Waals surface area contributed by atoms with Crippen LogP contribution in [-0.4, -0.2) is 104 Å². The standard InChI is InChI=1S/2C16H19N3O3S/c2*1-2-23(21,22)18-9-16(20,10-18)7-14-12-5-3-4-6-13(12)15-8-17-11-19(14)15/h2*3-6,8,11,14,20H,2,7,9-10H2,1H3/t2*14-/m10/s1. The van der Waals surface area contributed by atoms with Crippen molar-refractivity contribution >= 4 is 20.0 Å². The van der Waals surface area contributed by atoms with Crippen molar-refractivity contribution in [1.29, 1.82) is 0 Å². The van der Waals surface area contributed by atoms with E-state index in [0.717, 1.165) is 33.6 Å². The van der Waals surface area contributed by atoms with E-state index in [9.17, 15) is 27.0 Å². The molecule has 0 amide bonds. The van der Waals surface area contributed by atoms with Crippen molar-refractivity contribution in [1.82, 2.24) is 27.7 Å². The lowest BCUT2D eigenvalue weighted by atomic mass is 9.86. The molecule has 14 heteroatoms. The molecule has 12 nitrogen and oxygen atoms in total. The van der Waals surface area contributed by atoms with E-state index in [1.54, 1.807) is 26.5 Å². The van der Waals surface area contributed by atoms with Crippen LogP contribution in [0.15, 0.2) is 73.6 Å². The number of β-amino-alcohol motifs (C(OH)–C–C–N with tert-alkyl or cyclic N) is 2. The lowest BCUT2D eigenvalue weighted by Gasteiger charge is -2.46. The van der Waals surface area contributed by atoms with Gasteiger partial charge >= 0.3 is 0 Å². The predicted octanol–water partition coefficient (Wildman–Crippen LogP) is 2.48. The average Bonchev–Trinajstić information content (AvgIpc) is 3.79. The second kappa shape index (κ2) is 11.1. The summed E-state index contributed by atoms with van der Waals surface area (Å²) in [5.41, 5.74) is 4.73. The quantitative estimate of drug-likeness (QED) is 0.291. The fraction of sp³-hybridized carbons (Fsp3) is 0.438. The van der Waals surface area contributed by atoms with Gasteiger partial charge in [-0.15, -0.1) is 0 Å². The Balaban J connectivity index is 0.000000147. The van der Waals surface area contributed by atoms with Gasteiger partial charge in [-0.3, -0.25) is 0 Å². The number of nitrogens with zero attached hydrogens (tertiary/aromatic N) is 6. The molecule has 2 N–H and O–H groups in total. The molecule has 244 valence electrons. The van der Waals surface area contributed by atoms with Gasteiger partial charge in [0.25, 0.3) is 0 Å². The molecule has 0 spiro atoms. The fourth-order valence-electron chi connectivity index (χ4n) is 7.24. The molecular weight excluding hydrogens is 629 g/mol. The van der Waals surface area contributed by atoms with Crippen LogP contribution in [0.1, 0.15) is 49.9 Å². The third kappa shape index (κ3) is 5.20. The summed E-state index contributed by atoms with van der Waals surface area (Å²) in [6.07, 6.45) is 8.20. The normalized spacial score (nSPS) is 22.4. The third-order valence-corrected chi connectivity index (χ3v) is 13.3. The maximum Gasteiger partial charge on any atom is 0.214 e. The summed E-state index contributed by atoms with van der Waals surface area (Å²) in [7, 11) is -6.44. The Morgan fingerprint density at radius 3 is 1.41 bits per heavy atom. The maximum atomic E-state index is 11.9. The minimum Gasteiger partial charge on any atom is -0.387 e. The van der Waals surface area contributed by atoms with Gasteiger partial charge in [0, 0.05) is 50.1 Å². The third-order valence-electron chi connectivity index (χ3n) is 9.74. The van der Waals surface area contributed by atoms with Gasteiger partial charge in [0.1, 0.15) is 0 Å². The Labute approximate surface area is 269 Å². The summed E-state index contributed by atoms with van der Waals surface area (Å²) in [5, 5.41) is 21.5. The molecule has 0 aliphatic carbocycles. The van der Waals surface area contributed by atoms with Crippen molar-refractivity contribution < 1.29 is 27.0 Å². The van der Waals surface area contributed by atoms with E-state index in [2.05, 4.69) is 43.4 Å². The second-order valence-electron chi connectivity index (χ2n) is 12.8. The Morgan fingerprint density at radius 2 is 1.04 bits per heavy atom. The smallest absolute Gasteiger partial charge is 0.214 e. The largest absolute Gasteiger partial charge is 0.387 e. The Morgan fingerprint density at radius 1 is 0.674 bits per heavy atom. The van der Waals surface area contributed by atoms with Crippen LogP contribution in [0.4, 0.5) is 0 Å². The zero-order valence-electron chi connectivity index (χ0n) is 25.8. The topological polar surface area (TPSA) is 151 Å². The molecule has 4 aliphatic heterocycles. The fourth-order valence-corrected chi connectivity index (χ4v) is 9.72. The molecule has 4 aliphatic rings. The molecule has 0 radical (unpaired) electrons. The van der Waals surface area contributed by atoms with Gasteiger partial charge in [0.05, 0.1) is 71.2 Å². The van der Waals surface area contributed by atoms with Crippen LogP contribution in [0.5, 0.6) is 0 Å². The second-order valence-corrected chi connectivity index (χ2v) is 17.3. The van der Waals surface area contributed by atoms with E-state index in [1.807, 2.05) is 36.7 Å². The van der Waals surface area contributed by atoms with Gasteiger partial charge < -0.3 is 19.3 Å². The van der Waals surface area contributed by atoms with Crippen molar-refractivity contribution in [3.63, 3.8) is 0 Å². The average molecular weight is 667 g/mol. The molecule has 2 aromatic heterocycles. The zero-order valence-corrected chi connectivity index (χ0v) is 27.4. The SMILES string of the molecule is CCS(=O)(=O)N1CC(O)(C[C@@H]2c3ccccc3-c3cncn32)C1.CCS(=O)(=O)N1CC(O)(C[C@H]2c3ccccc3-c3cncn32)C1. The maximum absolute atomic E-state index is 11.9. The summed E-state index contributed by atoms with van der Waals surface area (Å²) in [6, 6.07) is 16.2. The van der Waals surface area contributed by atoms with Crippen LogP contribution in [0.25, 0.3) is 22.5 Å². The summed E-state index contributed by atoms with van der Waals surface area (Å²) < 4.78 is 54.3. The number of fused-ring (bicyclic) bond motifs is 6. The molecule has 6 heterocycles. The Kier molecular flexibility index (Phi) is 7.53. The number of hydrogen-bond donors (Lipinski definition) is 2. The highest BCUT2D eigenvalue weighted by Crippen LogP contribution is 2.46. The first-order valence-electron chi connectivity index (χ1n) is 15.5. The van der Waals surface area contributed by atoms with E-state index in [4.69, 9.17) is 0 Å². The monoisotopic (exact) mass is 666 g/mol. The molecule has 0 bridgehead atoms. The molecule has 4 aromatic rings. The highest BCUT2D eigenvalue weighted by Gasteiger charge is 2.50. The van der Waals surface area contributed by atoms with Crippen molar-refractivity contribution in [3.8, 4) is 22.5 Å². The molecule has 2 fully saturated rings. The predicted molar refractivity (Wildman–Crippen MR) is 173 cm³/mol. The lowest BCUT2D eigenvalue weighted by Crippen LogP contribution is -2.64. The molecular formula is C32H38N6O6S2. The van der Waals surface area contributed by atoms with Gasteiger partial charge in [-0.05, 0) is 25.0 Å². The van der Waals surface area contributed by atoms with Gasteiger partial charge in [0.15, 0.2) is 0 Å². The highest BCUT2D eigenvalue weighted by atomic mass is 32.2. The summed E-state index contributed by atoms with van der Waals surface area (Å²) >= 11 is 0. The Bertz CT molecular complexity index is 1850. The van der Waals surface area contributed by atoms with Crippen LogP contribution in [0.3, 0.4) is 0 Å². The number of benzene rings is 2. The van der Waals surface area contributed by atoms with Gasteiger partial charge in [-0.1, -0.05) is 48.5 Å². The molecule has 2 atom stereocenters. The van der Waals surface area contributed by atoms with Crippen LogP contribution in [-0.2, 0) is 20.0 Å². The number of rotatable bonds is 8. The first-order chi connectivity index (χ1) is 21.9. The summed E-state index contributed by atoms with van der Waals surface area (Å²) in [4.78, 5) is 8.42. The van der Waals surface area contributed by atoms with E-state index in [1.165, 1.54) is 8.61 Å². The summed E-state index contributed by atoms with van der Waals surface area (Å²) in [6.45, 7) is 3.94. The van der Waals surface area contributed by atoms with Crippen molar-refractivity contribution in [2.45, 2.75) is 50.0 Å². The van der Waals surface area contributed by atoms with E-state index in [0.29, 0.717) is 12.8 Å².